The first-order chi connectivity index (χ1) is 10.1. The summed E-state index contributed by atoms with van der Waals surface area (Å²) in [5, 5.41) is 13.5. The van der Waals surface area contributed by atoms with Crippen LogP contribution in [-0.2, 0) is 0 Å². The molecule has 0 bridgehead atoms. The van der Waals surface area contributed by atoms with E-state index in [0.717, 1.165) is 0 Å². The normalized spacial score (nSPS) is 10.6. The molecular formula is C14H12BrN3O3. The van der Waals surface area contributed by atoms with Gasteiger partial charge in [0.1, 0.15) is 5.69 Å². The van der Waals surface area contributed by atoms with Gasteiger partial charge < -0.3 is 9.84 Å². The SMILES string of the molecule is COc1cc(Br)c(/C=N\NC(=O)c2ccccn2)cc1O. The van der Waals surface area contributed by atoms with Crippen molar-refractivity contribution >= 4 is 28.1 Å². The highest BCUT2D eigenvalue weighted by atomic mass is 79.9. The van der Waals surface area contributed by atoms with Crippen molar-refractivity contribution in [3.05, 3.63) is 52.3 Å². The molecule has 108 valence electrons. The smallest absolute Gasteiger partial charge is 0.289 e. The van der Waals surface area contributed by atoms with Crippen molar-refractivity contribution in [1.82, 2.24) is 10.4 Å². The van der Waals surface area contributed by atoms with E-state index in [9.17, 15) is 9.90 Å². The largest absolute Gasteiger partial charge is 0.504 e. The number of phenols is 1. The van der Waals surface area contributed by atoms with Crippen LogP contribution in [0.2, 0.25) is 0 Å². The lowest BCUT2D eigenvalue weighted by molar-refractivity contribution is 0.0950. The third-order valence-electron chi connectivity index (χ3n) is 2.57. The van der Waals surface area contributed by atoms with Crippen LogP contribution in [0.4, 0.5) is 0 Å². The van der Waals surface area contributed by atoms with Crippen molar-refractivity contribution in [2.45, 2.75) is 0 Å². The summed E-state index contributed by atoms with van der Waals surface area (Å²) in [5.41, 5.74) is 3.22. The molecule has 7 heteroatoms. The fourth-order valence-corrected chi connectivity index (χ4v) is 1.96. The molecule has 0 aliphatic heterocycles. The second-order valence-electron chi connectivity index (χ2n) is 3.96. The van der Waals surface area contributed by atoms with Crippen LogP contribution >= 0.6 is 15.9 Å². The third kappa shape index (κ3) is 3.79. The predicted molar refractivity (Wildman–Crippen MR) is 81.7 cm³/mol. The Morgan fingerprint density at radius 2 is 2.29 bits per heavy atom. The topological polar surface area (TPSA) is 83.8 Å². The van der Waals surface area contributed by atoms with E-state index in [-0.39, 0.29) is 11.4 Å². The fourth-order valence-electron chi connectivity index (χ4n) is 1.54. The van der Waals surface area contributed by atoms with Gasteiger partial charge in [-0.1, -0.05) is 6.07 Å². The highest BCUT2D eigenvalue weighted by molar-refractivity contribution is 9.10. The third-order valence-corrected chi connectivity index (χ3v) is 3.25. The monoisotopic (exact) mass is 349 g/mol. The maximum Gasteiger partial charge on any atom is 0.289 e. The first kappa shape index (κ1) is 15.0. The molecule has 21 heavy (non-hydrogen) atoms. The zero-order valence-electron chi connectivity index (χ0n) is 11.1. The summed E-state index contributed by atoms with van der Waals surface area (Å²) in [6, 6.07) is 8.09. The number of carbonyl (C=O) groups excluding carboxylic acids is 1. The van der Waals surface area contributed by atoms with Gasteiger partial charge in [-0.3, -0.25) is 9.78 Å². The molecule has 6 nitrogen and oxygen atoms in total. The molecule has 0 radical (unpaired) electrons. The minimum atomic E-state index is -0.416. The molecule has 0 fully saturated rings. The molecule has 0 unspecified atom stereocenters. The van der Waals surface area contributed by atoms with Gasteiger partial charge in [-0.15, -0.1) is 0 Å². The number of hydrogen-bond acceptors (Lipinski definition) is 5. The lowest BCUT2D eigenvalue weighted by atomic mass is 10.2. The molecule has 0 saturated carbocycles. The van der Waals surface area contributed by atoms with Crippen LogP contribution in [0.1, 0.15) is 16.1 Å². The fraction of sp³-hybridized carbons (Fsp3) is 0.0714. The van der Waals surface area contributed by atoms with Gasteiger partial charge in [-0.25, -0.2) is 5.43 Å². The van der Waals surface area contributed by atoms with E-state index < -0.39 is 5.91 Å². The Kier molecular flexibility index (Phi) is 4.89. The first-order valence-corrected chi connectivity index (χ1v) is 6.72. The van der Waals surface area contributed by atoms with E-state index in [1.54, 1.807) is 24.3 Å². The summed E-state index contributed by atoms with van der Waals surface area (Å²) in [4.78, 5) is 15.6. The van der Waals surface area contributed by atoms with E-state index in [0.29, 0.717) is 15.8 Å². The number of methoxy groups -OCH3 is 1. The Morgan fingerprint density at radius 3 is 2.95 bits per heavy atom. The van der Waals surface area contributed by atoms with Crippen molar-refractivity contribution in [3.63, 3.8) is 0 Å². The second kappa shape index (κ2) is 6.85. The minimum Gasteiger partial charge on any atom is -0.504 e. The second-order valence-corrected chi connectivity index (χ2v) is 4.81. The molecular weight excluding hydrogens is 338 g/mol. The van der Waals surface area contributed by atoms with Crippen molar-refractivity contribution in [2.24, 2.45) is 5.10 Å². The molecule has 0 aliphatic rings. The number of ether oxygens (including phenoxy) is 1. The van der Waals surface area contributed by atoms with Crippen LogP contribution in [0.3, 0.4) is 0 Å². The zero-order chi connectivity index (χ0) is 15.2. The van der Waals surface area contributed by atoms with Crippen LogP contribution in [0.15, 0.2) is 46.1 Å². The number of rotatable bonds is 4. The summed E-state index contributed by atoms with van der Waals surface area (Å²) in [6.07, 6.45) is 2.93. The number of halogens is 1. The van der Waals surface area contributed by atoms with Gasteiger partial charge in [0, 0.05) is 16.2 Å². The van der Waals surface area contributed by atoms with Crippen LogP contribution < -0.4 is 10.2 Å². The Labute approximate surface area is 129 Å². The van der Waals surface area contributed by atoms with Crippen molar-refractivity contribution < 1.29 is 14.6 Å². The average Bonchev–Trinajstić information content (AvgIpc) is 2.51. The molecule has 2 rings (SSSR count). The molecule has 2 N–H and O–H groups in total. The number of hydrazone groups is 1. The predicted octanol–water partition coefficient (Wildman–Crippen LogP) is 2.32. The number of amides is 1. The number of aromatic hydroxyl groups is 1. The van der Waals surface area contributed by atoms with E-state index >= 15 is 0 Å². The lowest BCUT2D eigenvalue weighted by Gasteiger charge is -2.06. The van der Waals surface area contributed by atoms with Gasteiger partial charge in [-0.2, -0.15) is 5.10 Å². The van der Waals surface area contributed by atoms with Crippen molar-refractivity contribution in [3.8, 4) is 11.5 Å². The number of benzene rings is 1. The van der Waals surface area contributed by atoms with E-state index in [1.807, 2.05) is 0 Å². The Morgan fingerprint density at radius 1 is 1.48 bits per heavy atom. The summed E-state index contributed by atoms with van der Waals surface area (Å²) >= 11 is 3.33. The van der Waals surface area contributed by atoms with Gasteiger partial charge in [0.05, 0.1) is 13.3 Å². The zero-order valence-corrected chi connectivity index (χ0v) is 12.7. The quantitative estimate of drug-likeness (QED) is 0.655. The Hall–Kier alpha value is -2.41. The maximum atomic E-state index is 11.7. The highest BCUT2D eigenvalue weighted by Crippen LogP contribution is 2.31. The summed E-state index contributed by atoms with van der Waals surface area (Å²) in [6.45, 7) is 0. The molecule has 0 saturated heterocycles. The van der Waals surface area contributed by atoms with Gasteiger partial charge >= 0.3 is 0 Å². The van der Waals surface area contributed by atoms with E-state index in [1.165, 1.54) is 25.6 Å². The standard InChI is InChI=1S/C14H12BrN3O3/c1-21-13-7-10(15)9(6-12(13)19)8-17-18-14(20)11-4-2-3-5-16-11/h2-8,19H,1H3,(H,18,20)/b17-8-. The van der Waals surface area contributed by atoms with E-state index in [2.05, 4.69) is 31.4 Å². The summed E-state index contributed by atoms with van der Waals surface area (Å²) < 4.78 is 5.65. The first-order valence-electron chi connectivity index (χ1n) is 5.92. The van der Waals surface area contributed by atoms with Crippen LogP contribution in [0, 0.1) is 0 Å². The number of nitrogens with one attached hydrogen (secondary N) is 1. The van der Waals surface area contributed by atoms with Gasteiger partial charge in [0.15, 0.2) is 11.5 Å². The van der Waals surface area contributed by atoms with Gasteiger partial charge in [0.2, 0.25) is 0 Å². The number of carbonyl (C=O) groups is 1. The average molecular weight is 350 g/mol. The van der Waals surface area contributed by atoms with Gasteiger partial charge in [0.25, 0.3) is 5.91 Å². The number of aromatic nitrogens is 1. The number of nitrogens with zero attached hydrogens (tertiary/aromatic N) is 2. The van der Waals surface area contributed by atoms with Crippen LogP contribution in [0.25, 0.3) is 0 Å². The lowest BCUT2D eigenvalue weighted by Crippen LogP contribution is -2.18. The molecule has 1 aromatic carbocycles. The van der Waals surface area contributed by atoms with Crippen molar-refractivity contribution in [2.75, 3.05) is 7.11 Å². The number of hydrogen-bond donors (Lipinski definition) is 2. The van der Waals surface area contributed by atoms with Crippen molar-refractivity contribution in [1.29, 1.82) is 0 Å². The minimum absolute atomic E-state index is 0.0156. The van der Waals surface area contributed by atoms with E-state index in [4.69, 9.17) is 4.74 Å². The van der Waals surface area contributed by atoms with Crippen LogP contribution in [0.5, 0.6) is 11.5 Å². The molecule has 1 heterocycles. The number of phenolic OH excluding ortho intramolecular Hbond substituents is 1. The molecule has 2 aromatic rings. The molecule has 0 atom stereocenters. The maximum absolute atomic E-state index is 11.7. The highest BCUT2D eigenvalue weighted by Gasteiger charge is 2.07. The summed E-state index contributed by atoms with van der Waals surface area (Å²) in [5.74, 6) is -0.0875. The number of pyridine rings is 1. The molecule has 1 aromatic heterocycles. The Bertz CT molecular complexity index is 675. The molecule has 0 aliphatic carbocycles. The molecule has 1 amide bonds. The summed E-state index contributed by atoms with van der Waals surface area (Å²) in [7, 11) is 1.46. The van der Waals surface area contributed by atoms with Crippen LogP contribution in [-0.4, -0.2) is 29.3 Å². The Balaban J connectivity index is 2.08. The molecule has 0 spiro atoms. The van der Waals surface area contributed by atoms with Gasteiger partial charge in [-0.05, 0) is 40.2 Å².